The molecule has 1 amide bonds. The monoisotopic (exact) mass is 461 g/mol. The third-order valence-corrected chi connectivity index (χ3v) is 4.26. The van der Waals surface area contributed by atoms with E-state index in [2.05, 4.69) is 15.6 Å². The van der Waals surface area contributed by atoms with Gasteiger partial charge in [0.05, 0.1) is 12.1 Å². The Morgan fingerprint density at radius 2 is 1.88 bits per heavy atom. The van der Waals surface area contributed by atoms with E-state index in [4.69, 9.17) is 9.15 Å². The lowest BCUT2D eigenvalue weighted by Crippen LogP contribution is -2.18. The van der Waals surface area contributed by atoms with E-state index in [-0.39, 0.29) is 35.3 Å². The van der Waals surface area contributed by atoms with Crippen LogP contribution < -0.4 is 10.6 Å². The fourth-order valence-electron chi connectivity index (χ4n) is 2.69. The number of esters is 1. The van der Waals surface area contributed by atoms with Crippen LogP contribution in [0.2, 0.25) is 0 Å². The van der Waals surface area contributed by atoms with Gasteiger partial charge in [-0.3, -0.25) is 9.59 Å². The van der Waals surface area contributed by atoms with Crippen molar-refractivity contribution in [2.75, 3.05) is 11.9 Å². The van der Waals surface area contributed by atoms with Crippen molar-refractivity contribution in [2.45, 2.75) is 19.6 Å². The first-order valence-electron chi connectivity index (χ1n) is 9.56. The number of hydrogen-bond donors (Lipinski definition) is 2. The molecule has 0 unspecified atom stereocenters. The van der Waals surface area contributed by atoms with Crippen LogP contribution in [0.3, 0.4) is 0 Å². The molecule has 2 N–H and O–H groups in total. The molecule has 2 aromatic heterocycles. The number of furan rings is 1. The summed E-state index contributed by atoms with van der Waals surface area (Å²) in [6.45, 7) is 0.801. The van der Waals surface area contributed by atoms with Gasteiger partial charge in [-0.2, -0.15) is 13.2 Å². The van der Waals surface area contributed by atoms with Crippen molar-refractivity contribution >= 4 is 29.2 Å². The SMILES string of the molecule is CC(=O)NCc1ccc(C(=O)COC(=O)c2cccnc2Nc2cccc(C(F)(F)F)c2)o1. The molecular formula is C22H18F3N3O5. The molecule has 0 aliphatic heterocycles. The molecule has 2 heterocycles. The summed E-state index contributed by atoms with van der Waals surface area (Å²) in [6, 6.07) is 10.1. The number of anilines is 2. The standard InChI is InChI=1S/C22H18F3N3O5/c1-13(29)27-11-16-7-8-19(33-16)18(30)12-32-21(31)17-6-3-9-26-20(17)28-15-5-2-4-14(10-15)22(23,24)25/h2-10H,11-12H2,1H3,(H,26,28)(H,27,29). The van der Waals surface area contributed by atoms with Gasteiger partial charge in [0.15, 0.2) is 12.4 Å². The Balaban J connectivity index is 1.66. The van der Waals surface area contributed by atoms with E-state index in [1.54, 1.807) is 0 Å². The number of pyridine rings is 1. The first-order chi connectivity index (χ1) is 15.6. The highest BCUT2D eigenvalue weighted by molar-refractivity contribution is 5.99. The molecule has 3 aromatic rings. The quantitative estimate of drug-likeness (QED) is 0.384. The normalized spacial score (nSPS) is 11.0. The number of aromatic nitrogens is 1. The number of carbonyl (C=O) groups is 3. The molecule has 1 aromatic carbocycles. The second kappa shape index (κ2) is 9.98. The maximum atomic E-state index is 12.9. The second-order valence-electron chi connectivity index (χ2n) is 6.78. The van der Waals surface area contributed by atoms with Crippen molar-refractivity contribution < 1.29 is 36.7 Å². The number of nitrogens with one attached hydrogen (secondary N) is 2. The van der Waals surface area contributed by atoms with E-state index >= 15 is 0 Å². The van der Waals surface area contributed by atoms with Gasteiger partial charge in [-0.1, -0.05) is 6.07 Å². The molecule has 0 radical (unpaired) electrons. The molecule has 11 heteroatoms. The number of nitrogens with zero attached hydrogens (tertiary/aromatic N) is 1. The lowest BCUT2D eigenvalue weighted by molar-refractivity contribution is -0.137. The third kappa shape index (κ3) is 6.42. The van der Waals surface area contributed by atoms with Crippen molar-refractivity contribution in [3.05, 3.63) is 77.4 Å². The number of ketones is 1. The summed E-state index contributed by atoms with van der Waals surface area (Å²) in [5, 5.41) is 5.18. The van der Waals surface area contributed by atoms with Crippen LogP contribution in [-0.4, -0.2) is 29.3 Å². The highest BCUT2D eigenvalue weighted by atomic mass is 19.4. The molecule has 0 bridgehead atoms. The number of rotatable bonds is 8. The zero-order valence-corrected chi connectivity index (χ0v) is 17.2. The Labute approximate surface area is 185 Å². The molecule has 0 aliphatic carbocycles. The molecule has 0 aliphatic rings. The van der Waals surface area contributed by atoms with Crippen LogP contribution in [0.15, 0.2) is 59.1 Å². The molecular weight excluding hydrogens is 443 g/mol. The van der Waals surface area contributed by atoms with Crippen LogP contribution in [0.25, 0.3) is 0 Å². The first kappa shape index (κ1) is 23.5. The second-order valence-corrected chi connectivity index (χ2v) is 6.78. The molecule has 0 fully saturated rings. The highest BCUT2D eigenvalue weighted by Gasteiger charge is 2.30. The van der Waals surface area contributed by atoms with Gasteiger partial charge in [-0.15, -0.1) is 0 Å². The minimum Gasteiger partial charge on any atom is -0.456 e. The minimum atomic E-state index is -4.53. The van der Waals surface area contributed by atoms with Crippen molar-refractivity contribution in [1.82, 2.24) is 10.3 Å². The number of benzene rings is 1. The summed E-state index contributed by atoms with van der Waals surface area (Å²) < 4.78 is 49.1. The van der Waals surface area contributed by atoms with Gasteiger partial charge in [0, 0.05) is 18.8 Å². The summed E-state index contributed by atoms with van der Waals surface area (Å²) in [4.78, 5) is 39.6. The molecule has 3 rings (SSSR count). The Morgan fingerprint density at radius 1 is 1.09 bits per heavy atom. The van der Waals surface area contributed by atoms with E-state index in [1.807, 2.05) is 0 Å². The number of alkyl halides is 3. The number of amides is 1. The van der Waals surface area contributed by atoms with E-state index in [0.717, 1.165) is 12.1 Å². The molecule has 0 saturated carbocycles. The fourth-order valence-corrected chi connectivity index (χ4v) is 2.69. The van der Waals surface area contributed by atoms with Crippen LogP contribution in [0.1, 0.15) is 39.2 Å². The molecule has 33 heavy (non-hydrogen) atoms. The smallest absolute Gasteiger partial charge is 0.416 e. The lowest BCUT2D eigenvalue weighted by atomic mass is 10.2. The van der Waals surface area contributed by atoms with E-state index < -0.39 is 30.1 Å². The van der Waals surface area contributed by atoms with E-state index in [1.165, 1.54) is 49.5 Å². The van der Waals surface area contributed by atoms with Gasteiger partial charge < -0.3 is 19.8 Å². The summed E-state index contributed by atoms with van der Waals surface area (Å²) in [6.07, 6.45) is -3.19. The van der Waals surface area contributed by atoms with Gasteiger partial charge in [-0.25, -0.2) is 9.78 Å². The van der Waals surface area contributed by atoms with Gasteiger partial charge in [0.25, 0.3) is 0 Å². The zero-order chi connectivity index (χ0) is 24.0. The number of Topliss-reactive ketones (excluding diaryl/α,β-unsaturated/α-hetero) is 1. The van der Waals surface area contributed by atoms with Crippen molar-refractivity contribution in [2.24, 2.45) is 0 Å². The van der Waals surface area contributed by atoms with Crippen molar-refractivity contribution in [1.29, 1.82) is 0 Å². The maximum Gasteiger partial charge on any atom is 0.416 e. The summed E-state index contributed by atoms with van der Waals surface area (Å²) >= 11 is 0. The molecule has 0 spiro atoms. The molecule has 0 saturated heterocycles. The fraction of sp³-hybridized carbons (Fsp3) is 0.182. The summed E-state index contributed by atoms with van der Waals surface area (Å²) in [5.41, 5.74) is -0.876. The van der Waals surface area contributed by atoms with E-state index in [0.29, 0.717) is 5.76 Å². The Hall–Kier alpha value is -4.15. The van der Waals surface area contributed by atoms with E-state index in [9.17, 15) is 27.6 Å². The number of ether oxygens (including phenoxy) is 1. The van der Waals surface area contributed by atoms with Gasteiger partial charge >= 0.3 is 12.1 Å². The first-order valence-corrected chi connectivity index (χ1v) is 9.56. The lowest BCUT2D eigenvalue weighted by Gasteiger charge is -2.12. The number of halogens is 3. The van der Waals surface area contributed by atoms with Crippen LogP contribution in [-0.2, 0) is 22.3 Å². The van der Waals surface area contributed by atoms with Crippen LogP contribution in [0.5, 0.6) is 0 Å². The Kier molecular flexibility index (Phi) is 7.11. The van der Waals surface area contributed by atoms with Gasteiger partial charge in [0.1, 0.15) is 17.1 Å². The summed E-state index contributed by atoms with van der Waals surface area (Å²) in [5.74, 6) is -1.54. The average molecular weight is 461 g/mol. The predicted molar refractivity (Wildman–Crippen MR) is 110 cm³/mol. The molecule has 8 nitrogen and oxygen atoms in total. The van der Waals surface area contributed by atoms with Gasteiger partial charge in [0.2, 0.25) is 11.7 Å². The Morgan fingerprint density at radius 3 is 2.61 bits per heavy atom. The zero-order valence-electron chi connectivity index (χ0n) is 17.2. The minimum absolute atomic E-state index is 0.0372. The molecule has 0 atom stereocenters. The number of hydrogen-bond acceptors (Lipinski definition) is 7. The predicted octanol–water partition coefficient (Wildman–Crippen LogP) is 4.11. The largest absolute Gasteiger partial charge is 0.456 e. The maximum absolute atomic E-state index is 12.9. The number of carbonyl (C=O) groups excluding carboxylic acids is 3. The van der Waals surface area contributed by atoms with Crippen LogP contribution in [0, 0.1) is 0 Å². The third-order valence-electron chi connectivity index (χ3n) is 4.26. The average Bonchev–Trinajstić information content (AvgIpc) is 3.25. The van der Waals surface area contributed by atoms with Crippen LogP contribution >= 0.6 is 0 Å². The highest BCUT2D eigenvalue weighted by Crippen LogP contribution is 2.31. The van der Waals surface area contributed by atoms with Crippen molar-refractivity contribution in [3.8, 4) is 0 Å². The summed E-state index contributed by atoms with van der Waals surface area (Å²) in [7, 11) is 0. The van der Waals surface area contributed by atoms with Gasteiger partial charge in [-0.05, 0) is 42.5 Å². The Bertz CT molecular complexity index is 1170. The topological polar surface area (TPSA) is 111 Å². The van der Waals surface area contributed by atoms with Crippen molar-refractivity contribution in [3.63, 3.8) is 0 Å². The molecule has 172 valence electrons. The van der Waals surface area contributed by atoms with Crippen LogP contribution in [0.4, 0.5) is 24.7 Å².